The first-order valence-electron chi connectivity index (χ1n) is 7.00. The third kappa shape index (κ3) is 8.84. The number of hydrogen-bond acceptors (Lipinski definition) is 0. The number of aromatic nitrogens is 1. The molecule has 9 heteroatoms. The third-order valence-corrected chi connectivity index (χ3v) is 3.31. The molecule has 0 saturated carbocycles. The summed E-state index contributed by atoms with van der Waals surface area (Å²) >= 11 is 3.45. The number of hydrogen-bond donors (Lipinski definition) is 0. The van der Waals surface area contributed by atoms with E-state index in [0.29, 0.717) is 0 Å². The summed E-state index contributed by atoms with van der Waals surface area (Å²) in [5.74, 6) is 6.37. The molecular weight excluding hydrogens is 443 g/mol. The molecule has 0 bridgehead atoms. The SMILES string of the molecule is Brc1cccc(C#Cc2cc[n+]3ccccc3c2)c1.F[P-](F)(F)(F)(F)F. The van der Waals surface area contributed by atoms with Crippen molar-refractivity contribution in [1.29, 1.82) is 0 Å². The van der Waals surface area contributed by atoms with Crippen molar-refractivity contribution in [3.8, 4) is 11.8 Å². The zero-order valence-electron chi connectivity index (χ0n) is 12.9. The molecule has 0 saturated heterocycles. The van der Waals surface area contributed by atoms with Gasteiger partial charge in [0.15, 0.2) is 12.4 Å². The Labute approximate surface area is 153 Å². The normalized spacial score (nSPS) is 13.5. The summed E-state index contributed by atoms with van der Waals surface area (Å²) in [6, 6.07) is 18.2. The summed E-state index contributed by atoms with van der Waals surface area (Å²) in [6.45, 7) is 0. The van der Waals surface area contributed by atoms with Gasteiger partial charge in [0.2, 0.25) is 5.52 Å². The van der Waals surface area contributed by atoms with Gasteiger partial charge in [-0.15, -0.1) is 0 Å². The van der Waals surface area contributed by atoms with Crippen molar-refractivity contribution >= 4 is 29.3 Å². The van der Waals surface area contributed by atoms with Crippen LogP contribution in [0.5, 0.6) is 0 Å². The monoisotopic (exact) mass is 453 g/mol. The zero-order chi connectivity index (χ0) is 19.5. The summed E-state index contributed by atoms with van der Waals surface area (Å²) in [7, 11) is -10.7. The van der Waals surface area contributed by atoms with Gasteiger partial charge in [-0.25, -0.2) is 0 Å². The van der Waals surface area contributed by atoms with Gasteiger partial charge in [0.1, 0.15) is 0 Å². The minimum absolute atomic E-state index is 1.01. The number of rotatable bonds is 0. The van der Waals surface area contributed by atoms with Gasteiger partial charge in [0.25, 0.3) is 0 Å². The Hall–Kier alpha value is -2.10. The fourth-order valence-electron chi connectivity index (χ4n) is 1.88. The summed E-state index contributed by atoms with van der Waals surface area (Å²) in [6.07, 6.45) is 4.06. The van der Waals surface area contributed by atoms with Crippen molar-refractivity contribution in [3.05, 3.63) is 82.6 Å². The first kappa shape index (κ1) is 20.2. The fraction of sp³-hybridized carbons (Fsp3) is 0. The van der Waals surface area contributed by atoms with E-state index in [1.165, 1.54) is 0 Å². The van der Waals surface area contributed by atoms with E-state index in [4.69, 9.17) is 0 Å². The van der Waals surface area contributed by atoms with Crippen LogP contribution < -0.4 is 4.40 Å². The topological polar surface area (TPSA) is 4.10 Å². The molecule has 0 spiro atoms. The van der Waals surface area contributed by atoms with Crippen molar-refractivity contribution in [1.82, 2.24) is 0 Å². The van der Waals surface area contributed by atoms with E-state index in [2.05, 4.69) is 44.3 Å². The predicted octanol–water partition coefficient (Wildman–Crippen LogP) is 6.97. The van der Waals surface area contributed by atoms with Crippen LogP contribution in [0, 0.1) is 11.8 Å². The molecule has 1 nitrogen and oxygen atoms in total. The molecule has 3 aromatic rings. The fourth-order valence-corrected chi connectivity index (χ4v) is 2.28. The van der Waals surface area contributed by atoms with E-state index in [0.717, 1.165) is 21.1 Å². The average molecular weight is 454 g/mol. The van der Waals surface area contributed by atoms with Crippen LogP contribution in [0.15, 0.2) is 71.5 Å². The molecule has 0 amide bonds. The van der Waals surface area contributed by atoms with Gasteiger partial charge in [0, 0.05) is 39.9 Å². The average Bonchev–Trinajstić information content (AvgIpc) is 2.50. The molecule has 26 heavy (non-hydrogen) atoms. The number of halogens is 7. The maximum atomic E-state index is 9.87. The van der Waals surface area contributed by atoms with Crippen LogP contribution in [0.25, 0.3) is 5.52 Å². The van der Waals surface area contributed by atoms with Gasteiger partial charge in [-0.05, 0) is 24.3 Å². The molecule has 3 rings (SSSR count). The Kier molecular flexibility index (Phi) is 5.10. The first-order valence-corrected chi connectivity index (χ1v) is 9.82. The van der Waals surface area contributed by atoms with Crippen molar-refractivity contribution in [2.45, 2.75) is 0 Å². The van der Waals surface area contributed by atoms with Crippen molar-refractivity contribution in [2.24, 2.45) is 0 Å². The van der Waals surface area contributed by atoms with Crippen molar-refractivity contribution < 1.29 is 29.6 Å². The van der Waals surface area contributed by atoms with Crippen molar-refractivity contribution in [3.63, 3.8) is 0 Å². The molecule has 2 heterocycles. The van der Waals surface area contributed by atoms with Gasteiger partial charge >= 0.3 is 33.0 Å². The van der Waals surface area contributed by atoms with Gasteiger partial charge in [-0.2, -0.15) is 4.40 Å². The number of benzene rings is 1. The summed E-state index contributed by atoms with van der Waals surface area (Å²) in [5, 5.41) is 0. The van der Waals surface area contributed by atoms with E-state index >= 15 is 0 Å². The molecule has 0 fully saturated rings. The van der Waals surface area contributed by atoms with Crippen molar-refractivity contribution in [2.75, 3.05) is 0 Å². The maximum absolute atomic E-state index is 10.7. The van der Waals surface area contributed by atoms with Crippen LogP contribution in [0.1, 0.15) is 11.1 Å². The standard InChI is InChI=1S/C17H11BrN.F6P/c18-16-5-3-4-14(12-16)7-8-15-9-11-19-10-2-1-6-17(19)13-15;1-7(2,3,4,5)6/h1-6,9-13H;/q+1;-1. The van der Waals surface area contributed by atoms with E-state index in [1.807, 2.05) is 54.9 Å². The Balaban J connectivity index is 0.000000298. The van der Waals surface area contributed by atoms with E-state index in [9.17, 15) is 25.2 Å². The first-order chi connectivity index (χ1) is 11.8. The van der Waals surface area contributed by atoms with Crippen LogP contribution in [-0.2, 0) is 0 Å². The Morgan fingerprint density at radius 1 is 0.731 bits per heavy atom. The summed E-state index contributed by atoms with van der Waals surface area (Å²) in [5.41, 5.74) is 3.17. The molecule has 0 aliphatic heterocycles. The molecule has 0 aliphatic carbocycles. The number of pyridine rings is 2. The van der Waals surface area contributed by atoms with Crippen LogP contribution in [0.4, 0.5) is 25.2 Å². The van der Waals surface area contributed by atoms with Crippen LogP contribution >= 0.6 is 23.7 Å². The predicted molar refractivity (Wildman–Crippen MR) is 93.3 cm³/mol. The second kappa shape index (κ2) is 6.57. The van der Waals surface area contributed by atoms with Gasteiger partial charge in [-0.3, -0.25) is 0 Å². The van der Waals surface area contributed by atoms with Crippen LogP contribution in [0.2, 0.25) is 0 Å². The Morgan fingerprint density at radius 2 is 1.35 bits per heavy atom. The van der Waals surface area contributed by atoms with Crippen LogP contribution in [0.3, 0.4) is 0 Å². The van der Waals surface area contributed by atoms with Crippen LogP contribution in [-0.4, -0.2) is 0 Å². The van der Waals surface area contributed by atoms with Gasteiger partial charge in [0.05, 0.1) is 0 Å². The third-order valence-electron chi connectivity index (χ3n) is 2.82. The minimum atomic E-state index is -10.7. The summed E-state index contributed by atoms with van der Waals surface area (Å²) in [4.78, 5) is 0. The molecule has 138 valence electrons. The second-order valence-corrected chi connectivity index (χ2v) is 8.00. The molecule has 0 atom stereocenters. The molecule has 1 aromatic carbocycles. The Morgan fingerprint density at radius 3 is 1.96 bits per heavy atom. The van der Waals surface area contributed by atoms with E-state index < -0.39 is 7.81 Å². The van der Waals surface area contributed by atoms with E-state index in [-0.39, 0.29) is 0 Å². The number of nitrogens with zero attached hydrogens (tertiary/aromatic N) is 1. The number of fused-ring (bicyclic) bond motifs is 1. The van der Waals surface area contributed by atoms with E-state index in [1.54, 1.807) is 0 Å². The second-order valence-electron chi connectivity index (χ2n) is 5.17. The quantitative estimate of drug-likeness (QED) is 0.150. The molecule has 0 aliphatic rings. The Bertz CT molecular complexity index is 995. The van der Waals surface area contributed by atoms with Gasteiger partial charge in [-0.1, -0.05) is 33.8 Å². The molecule has 0 radical (unpaired) electrons. The van der Waals surface area contributed by atoms with Gasteiger partial charge < -0.3 is 0 Å². The molecular formula is C17H11BrF6NP. The molecule has 0 unspecified atom stereocenters. The summed E-state index contributed by atoms with van der Waals surface area (Å²) < 4.78 is 62.3. The molecule has 2 aromatic heterocycles. The molecule has 0 N–H and O–H groups in total. The zero-order valence-corrected chi connectivity index (χ0v) is 15.4.